The van der Waals surface area contributed by atoms with Crippen LogP contribution in [0, 0.1) is 0 Å². The normalized spacial score (nSPS) is 20.2. The molecule has 10 nitrogen and oxygen atoms in total. The van der Waals surface area contributed by atoms with E-state index in [1.165, 1.54) is 41.4 Å². The summed E-state index contributed by atoms with van der Waals surface area (Å²) in [5.41, 5.74) is 0.405. The van der Waals surface area contributed by atoms with Crippen molar-refractivity contribution in [2.75, 3.05) is 54.0 Å². The van der Waals surface area contributed by atoms with Gasteiger partial charge in [-0.2, -0.15) is 4.31 Å². The predicted molar refractivity (Wildman–Crippen MR) is 123 cm³/mol. The first-order valence-corrected chi connectivity index (χ1v) is 12.7. The van der Waals surface area contributed by atoms with E-state index in [9.17, 15) is 18.0 Å². The first-order chi connectivity index (χ1) is 15.9. The van der Waals surface area contributed by atoms with E-state index >= 15 is 0 Å². The fraction of sp³-hybridized carbons (Fsp3) is 0.455. The molecular weight excluding hydrogens is 444 g/mol. The van der Waals surface area contributed by atoms with Crippen LogP contribution in [-0.2, 0) is 19.6 Å². The fourth-order valence-electron chi connectivity index (χ4n) is 4.54. The number of benzene rings is 1. The number of nitrogens with zero attached hydrogens (tertiary/aromatic N) is 6. The minimum atomic E-state index is -3.68. The van der Waals surface area contributed by atoms with Gasteiger partial charge < -0.3 is 9.80 Å². The maximum atomic E-state index is 13.1. The quantitative estimate of drug-likeness (QED) is 0.601. The summed E-state index contributed by atoms with van der Waals surface area (Å²) in [4.78, 5) is 29.3. The van der Waals surface area contributed by atoms with Crippen molar-refractivity contribution in [2.45, 2.75) is 30.6 Å². The molecular formula is C22H26N6O4S. The van der Waals surface area contributed by atoms with Gasteiger partial charge in [0, 0.05) is 52.1 Å². The number of hydrogen-bond acceptors (Lipinski definition) is 8. The minimum absolute atomic E-state index is 0.147. The molecule has 0 saturated carbocycles. The van der Waals surface area contributed by atoms with Gasteiger partial charge >= 0.3 is 0 Å². The van der Waals surface area contributed by atoms with Crippen molar-refractivity contribution in [3.63, 3.8) is 0 Å². The van der Waals surface area contributed by atoms with Gasteiger partial charge in [0.2, 0.25) is 21.8 Å². The summed E-state index contributed by atoms with van der Waals surface area (Å²) in [5, 5.41) is 8.71. The van der Waals surface area contributed by atoms with E-state index in [4.69, 9.17) is 0 Å². The van der Waals surface area contributed by atoms with Gasteiger partial charge in [-0.15, -0.1) is 10.2 Å². The van der Waals surface area contributed by atoms with Gasteiger partial charge in [-0.1, -0.05) is 0 Å². The lowest BCUT2D eigenvalue weighted by molar-refractivity contribution is -0.121. The molecule has 0 unspecified atom stereocenters. The average Bonchev–Trinajstić information content (AvgIpc) is 3.49. The molecule has 3 saturated heterocycles. The summed E-state index contributed by atoms with van der Waals surface area (Å²) in [6.45, 7) is 3.73. The van der Waals surface area contributed by atoms with E-state index in [0.29, 0.717) is 31.9 Å². The lowest BCUT2D eigenvalue weighted by Gasteiger charge is -2.34. The Balaban J connectivity index is 1.23. The van der Waals surface area contributed by atoms with E-state index in [1.54, 1.807) is 0 Å². The van der Waals surface area contributed by atoms with Gasteiger partial charge in [0.25, 0.3) is 0 Å². The smallest absolute Gasteiger partial charge is 0.243 e. The lowest BCUT2D eigenvalue weighted by atomic mass is 10.3. The Morgan fingerprint density at radius 1 is 0.667 bits per heavy atom. The summed E-state index contributed by atoms with van der Waals surface area (Å²) in [6.07, 6.45) is 2.73. The molecule has 174 valence electrons. The second kappa shape index (κ2) is 8.71. The van der Waals surface area contributed by atoms with Crippen molar-refractivity contribution in [2.24, 2.45) is 0 Å². The van der Waals surface area contributed by atoms with Crippen LogP contribution in [0.3, 0.4) is 0 Å². The monoisotopic (exact) mass is 470 g/mol. The highest BCUT2D eigenvalue weighted by Crippen LogP contribution is 2.26. The lowest BCUT2D eigenvalue weighted by Crippen LogP contribution is -2.49. The molecule has 0 bridgehead atoms. The number of hydrogen-bond donors (Lipinski definition) is 0. The van der Waals surface area contributed by atoms with E-state index < -0.39 is 10.0 Å². The maximum absolute atomic E-state index is 13.1. The number of piperazine rings is 1. The van der Waals surface area contributed by atoms with Crippen LogP contribution in [-0.4, -0.2) is 74.0 Å². The molecule has 2 aromatic rings. The number of carbonyl (C=O) groups is 2. The molecule has 1 aromatic carbocycles. The summed E-state index contributed by atoms with van der Waals surface area (Å²) >= 11 is 0. The van der Waals surface area contributed by atoms with Crippen LogP contribution in [0.4, 0.5) is 17.3 Å². The van der Waals surface area contributed by atoms with Crippen LogP contribution in [0.25, 0.3) is 0 Å². The van der Waals surface area contributed by atoms with Crippen molar-refractivity contribution < 1.29 is 18.0 Å². The zero-order valence-corrected chi connectivity index (χ0v) is 19.1. The second-order valence-corrected chi connectivity index (χ2v) is 10.4. The number of amides is 2. The molecule has 2 amide bonds. The molecule has 3 fully saturated rings. The van der Waals surface area contributed by atoms with Gasteiger partial charge in [0.05, 0.1) is 10.6 Å². The fourth-order valence-corrected chi connectivity index (χ4v) is 5.96. The Hall–Kier alpha value is -3.05. The third kappa shape index (κ3) is 4.18. The summed E-state index contributed by atoms with van der Waals surface area (Å²) in [7, 11) is -3.68. The van der Waals surface area contributed by atoms with Crippen molar-refractivity contribution in [3.05, 3.63) is 36.4 Å². The van der Waals surface area contributed by atoms with E-state index in [2.05, 4.69) is 15.1 Å². The van der Waals surface area contributed by atoms with Crippen LogP contribution in [0.15, 0.2) is 41.3 Å². The Morgan fingerprint density at radius 2 is 1.18 bits per heavy atom. The van der Waals surface area contributed by atoms with Gasteiger partial charge in [-0.05, 0) is 49.2 Å². The summed E-state index contributed by atoms with van der Waals surface area (Å²) in [6, 6.07) is 9.87. The average molecular weight is 471 g/mol. The predicted octanol–water partition coefficient (Wildman–Crippen LogP) is 1.24. The van der Waals surface area contributed by atoms with E-state index in [-0.39, 0.29) is 29.6 Å². The maximum Gasteiger partial charge on any atom is 0.243 e. The number of anilines is 3. The summed E-state index contributed by atoms with van der Waals surface area (Å²) in [5.74, 6) is 1.11. The zero-order chi connectivity index (χ0) is 23.0. The molecule has 0 N–H and O–H groups in total. The van der Waals surface area contributed by atoms with Crippen LogP contribution < -0.4 is 14.7 Å². The van der Waals surface area contributed by atoms with Gasteiger partial charge in [-0.3, -0.25) is 14.5 Å². The largest absolute Gasteiger partial charge is 0.355 e. The third-order valence-electron chi connectivity index (χ3n) is 6.41. The third-order valence-corrected chi connectivity index (χ3v) is 8.33. The Labute approximate surface area is 192 Å². The number of rotatable bonds is 5. The van der Waals surface area contributed by atoms with Crippen molar-refractivity contribution in [1.82, 2.24) is 14.5 Å². The van der Waals surface area contributed by atoms with Crippen molar-refractivity contribution in [1.29, 1.82) is 0 Å². The zero-order valence-electron chi connectivity index (χ0n) is 18.3. The molecule has 0 spiro atoms. The highest BCUT2D eigenvalue weighted by Gasteiger charge is 2.32. The molecule has 11 heteroatoms. The molecule has 3 aliphatic heterocycles. The highest BCUT2D eigenvalue weighted by molar-refractivity contribution is 7.89. The molecule has 4 heterocycles. The molecule has 33 heavy (non-hydrogen) atoms. The molecule has 3 aliphatic rings. The van der Waals surface area contributed by atoms with Crippen LogP contribution >= 0.6 is 0 Å². The van der Waals surface area contributed by atoms with Gasteiger partial charge in [0.15, 0.2) is 11.6 Å². The van der Waals surface area contributed by atoms with E-state index in [1.807, 2.05) is 17.0 Å². The molecule has 5 rings (SSSR count). The minimum Gasteiger partial charge on any atom is -0.355 e. The second-order valence-electron chi connectivity index (χ2n) is 8.45. The Bertz CT molecular complexity index is 1120. The van der Waals surface area contributed by atoms with Crippen molar-refractivity contribution >= 4 is 39.2 Å². The molecule has 0 atom stereocenters. The number of sulfonamides is 1. The van der Waals surface area contributed by atoms with Crippen molar-refractivity contribution in [3.8, 4) is 0 Å². The van der Waals surface area contributed by atoms with Crippen LogP contribution in [0.2, 0.25) is 0 Å². The standard InChI is InChI=1S/C22H26N6O4S/c29-21-9-10-22(30)28(21)17-3-5-18(6-4-17)33(31,32)27-15-13-26(14-16-27)20-8-7-19(23-24-20)25-11-1-2-12-25/h3-8H,1-2,9-16H2. The van der Waals surface area contributed by atoms with E-state index in [0.717, 1.165) is 29.6 Å². The first-order valence-electron chi connectivity index (χ1n) is 11.2. The number of aromatic nitrogens is 2. The molecule has 1 aromatic heterocycles. The van der Waals surface area contributed by atoms with Crippen LogP contribution in [0.5, 0.6) is 0 Å². The number of carbonyl (C=O) groups excluding carboxylic acids is 2. The van der Waals surface area contributed by atoms with Gasteiger partial charge in [0.1, 0.15) is 0 Å². The Morgan fingerprint density at radius 3 is 1.70 bits per heavy atom. The summed E-state index contributed by atoms with van der Waals surface area (Å²) < 4.78 is 27.7. The molecule has 0 radical (unpaired) electrons. The van der Waals surface area contributed by atoms with Crippen LogP contribution in [0.1, 0.15) is 25.7 Å². The SMILES string of the molecule is O=C1CCC(=O)N1c1ccc(S(=O)(=O)N2CCN(c3ccc(N4CCCC4)nn3)CC2)cc1. The topological polar surface area (TPSA) is 107 Å². The number of imide groups is 1. The highest BCUT2D eigenvalue weighted by atomic mass is 32.2. The molecule has 0 aliphatic carbocycles. The van der Waals surface area contributed by atoms with Gasteiger partial charge in [-0.25, -0.2) is 8.42 Å². The Kier molecular flexibility index (Phi) is 5.75. The first kappa shape index (κ1) is 21.8.